The number of ether oxygens (including phenoxy) is 4. The number of nitrogens with zero attached hydrogens (tertiary/aromatic N) is 2. The summed E-state index contributed by atoms with van der Waals surface area (Å²) in [5.74, 6) is 1.89. The van der Waals surface area contributed by atoms with Crippen molar-refractivity contribution in [2.45, 2.75) is 32.9 Å². The number of methoxy groups -OCH3 is 3. The van der Waals surface area contributed by atoms with E-state index >= 15 is 0 Å². The van der Waals surface area contributed by atoms with Gasteiger partial charge in [0.1, 0.15) is 12.6 Å². The summed E-state index contributed by atoms with van der Waals surface area (Å²) in [4.78, 5) is 17.1. The third-order valence-corrected chi connectivity index (χ3v) is 5.50. The van der Waals surface area contributed by atoms with E-state index in [2.05, 4.69) is 15.5 Å². The molecule has 0 aliphatic rings. The summed E-state index contributed by atoms with van der Waals surface area (Å²) in [5, 5.41) is 7.09. The van der Waals surface area contributed by atoms with E-state index in [1.54, 1.807) is 12.1 Å². The first-order valence-electron chi connectivity index (χ1n) is 11.1. The van der Waals surface area contributed by atoms with Gasteiger partial charge < -0.3 is 28.8 Å². The predicted octanol–water partition coefficient (Wildman–Crippen LogP) is 4.18. The molecule has 0 spiro atoms. The van der Waals surface area contributed by atoms with Gasteiger partial charge in [0, 0.05) is 5.56 Å². The minimum Gasteiger partial charge on any atom is -0.493 e. The van der Waals surface area contributed by atoms with Crippen LogP contribution >= 0.6 is 0 Å². The largest absolute Gasteiger partial charge is 0.493 e. The van der Waals surface area contributed by atoms with Crippen LogP contribution in [0.5, 0.6) is 17.2 Å². The molecule has 0 aliphatic heterocycles. The Bertz CT molecular complexity index is 1040. The summed E-state index contributed by atoms with van der Waals surface area (Å²) in [6.07, 6.45) is 0.803. The summed E-state index contributed by atoms with van der Waals surface area (Å²) >= 11 is 0. The van der Waals surface area contributed by atoms with Crippen LogP contribution in [0.4, 0.5) is 0 Å². The van der Waals surface area contributed by atoms with Crippen LogP contribution in [0.3, 0.4) is 0 Å². The highest BCUT2D eigenvalue weighted by molar-refractivity contribution is 5.77. The fourth-order valence-corrected chi connectivity index (χ4v) is 3.42. The second kappa shape index (κ2) is 12.0. The fraction of sp³-hybridized carbons (Fsp3) is 0.400. The van der Waals surface area contributed by atoms with E-state index in [1.165, 1.54) is 21.3 Å². The van der Waals surface area contributed by atoms with Crippen LogP contribution in [0.15, 0.2) is 47.0 Å². The Labute approximate surface area is 199 Å². The fourth-order valence-electron chi connectivity index (χ4n) is 3.42. The number of nitrogens with one attached hydrogen (secondary N) is 1. The maximum Gasteiger partial charge on any atom is 0.249 e. The average Bonchev–Trinajstić information content (AvgIpc) is 3.36. The zero-order chi connectivity index (χ0) is 24.5. The van der Waals surface area contributed by atoms with Crippen molar-refractivity contribution in [3.05, 3.63) is 53.9 Å². The van der Waals surface area contributed by atoms with Crippen LogP contribution in [-0.4, -0.2) is 44.0 Å². The second-order valence-corrected chi connectivity index (χ2v) is 7.78. The molecule has 0 unspecified atom stereocenters. The van der Waals surface area contributed by atoms with Gasteiger partial charge in [-0.1, -0.05) is 55.8 Å². The van der Waals surface area contributed by atoms with E-state index < -0.39 is 6.04 Å². The number of amides is 1. The second-order valence-electron chi connectivity index (χ2n) is 7.78. The van der Waals surface area contributed by atoms with E-state index in [0.29, 0.717) is 41.1 Å². The molecule has 1 N–H and O–H groups in total. The van der Waals surface area contributed by atoms with Gasteiger partial charge in [0.2, 0.25) is 23.4 Å². The highest BCUT2D eigenvalue weighted by Crippen LogP contribution is 2.40. The van der Waals surface area contributed by atoms with Gasteiger partial charge in [-0.3, -0.25) is 4.79 Å². The van der Waals surface area contributed by atoms with E-state index in [-0.39, 0.29) is 18.4 Å². The Morgan fingerprint density at radius 3 is 2.32 bits per heavy atom. The van der Waals surface area contributed by atoms with Gasteiger partial charge in [-0.2, -0.15) is 4.98 Å². The first-order valence-corrected chi connectivity index (χ1v) is 11.1. The molecule has 0 radical (unpaired) electrons. The lowest BCUT2D eigenvalue weighted by atomic mass is 9.99. The monoisotopic (exact) mass is 469 g/mol. The molecule has 3 aromatic rings. The van der Waals surface area contributed by atoms with E-state index in [9.17, 15) is 4.79 Å². The SMILES string of the molecule is CC[C@H](C)[C@H](NC(=O)COCc1ccccc1)c1nc(-c2cc(OC)c(OC)c(OC)c2)no1. The Morgan fingerprint density at radius 1 is 1.06 bits per heavy atom. The molecule has 3 rings (SSSR count). The molecular formula is C25H31N3O6. The summed E-state index contributed by atoms with van der Waals surface area (Å²) in [6, 6.07) is 12.7. The van der Waals surface area contributed by atoms with Crippen molar-refractivity contribution in [1.29, 1.82) is 0 Å². The summed E-state index contributed by atoms with van der Waals surface area (Å²) in [7, 11) is 4.61. The van der Waals surface area contributed by atoms with Crippen LogP contribution in [-0.2, 0) is 16.1 Å². The van der Waals surface area contributed by atoms with Gasteiger partial charge in [0.15, 0.2) is 11.5 Å². The number of hydrogen-bond acceptors (Lipinski definition) is 8. The molecule has 9 nitrogen and oxygen atoms in total. The zero-order valence-electron chi connectivity index (χ0n) is 20.2. The molecule has 2 atom stereocenters. The van der Waals surface area contributed by atoms with Crippen LogP contribution in [0.1, 0.15) is 37.8 Å². The summed E-state index contributed by atoms with van der Waals surface area (Å²) in [6.45, 7) is 4.33. The molecule has 0 saturated carbocycles. The molecule has 182 valence electrons. The van der Waals surface area contributed by atoms with Gasteiger partial charge >= 0.3 is 0 Å². The van der Waals surface area contributed by atoms with Crippen molar-refractivity contribution in [3.63, 3.8) is 0 Å². The number of carbonyl (C=O) groups excluding carboxylic acids is 1. The lowest BCUT2D eigenvalue weighted by Crippen LogP contribution is -2.35. The van der Waals surface area contributed by atoms with Gasteiger partial charge in [-0.05, 0) is 23.6 Å². The minimum atomic E-state index is -0.457. The number of aromatic nitrogens is 2. The minimum absolute atomic E-state index is 0.0614. The van der Waals surface area contributed by atoms with E-state index in [0.717, 1.165) is 12.0 Å². The van der Waals surface area contributed by atoms with E-state index in [4.69, 9.17) is 23.5 Å². The van der Waals surface area contributed by atoms with Crippen molar-refractivity contribution < 1.29 is 28.3 Å². The standard InChI is InChI=1S/C25H31N3O6/c1-6-16(2)22(26-21(29)15-33-14-17-10-8-7-9-11-17)25-27-24(28-34-25)18-12-19(30-3)23(32-5)20(13-18)31-4/h7-13,16,22H,6,14-15H2,1-5H3,(H,26,29)/t16-,22-/m0/s1. The third-order valence-electron chi connectivity index (χ3n) is 5.50. The van der Waals surface area contributed by atoms with Crippen LogP contribution in [0.2, 0.25) is 0 Å². The summed E-state index contributed by atoms with van der Waals surface area (Å²) < 4.78 is 27.3. The highest BCUT2D eigenvalue weighted by atomic mass is 16.5. The molecule has 0 aliphatic carbocycles. The van der Waals surface area contributed by atoms with E-state index in [1.807, 2.05) is 44.2 Å². The lowest BCUT2D eigenvalue weighted by molar-refractivity contribution is -0.127. The van der Waals surface area contributed by atoms with Crippen LogP contribution in [0, 0.1) is 5.92 Å². The van der Waals surface area contributed by atoms with Crippen molar-refractivity contribution in [2.24, 2.45) is 5.92 Å². The molecule has 1 heterocycles. The van der Waals surface area contributed by atoms with Gasteiger partial charge in [0.25, 0.3) is 0 Å². The molecular weight excluding hydrogens is 438 g/mol. The Morgan fingerprint density at radius 2 is 1.74 bits per heavy atom. The van der Waals surface area contributed by atoms with Crippen molar-refractivity contribution in [1.82, 2.24) is 15.5 Å². The summed E-state index contributed by atoms with van der Waals surface area (Å²) in [5.41, 5.74) is 1.63. The normalized spacial score (nSPS) is 12.6. The third kappa shape index (κ3) is 6.05. The quantitative estimate of drug-likeness (QED) is 0.421. The predicted molar refractivity (Wildman–Crippen MR) is 126 cm³/mol. The van der Waals surface area contributed by atoms with Crippen LogP contribution in [0.25, 0.3) is 11.4 Å². The molecule has 0 saturated heterocycles. The molecule has 2 aromatic carbocycles. The molecule has 1 amide bonds. The van der Waals surface area contributed by atoms with Crippen molar-refractivity contribution in [2.75, 3.05) is 27.9 Å². The Balaban J connectivity index is 1.75. The van der Waals surface area contributed by atoms with Crippen molar-refractivity contribution >= 4 is 5.91 Å². The Kier molecular flexibility index (Phi) is 8.86. The van der Waals surface area contributed by atoms with Gasteiger partial charge in [0.05, 0.1) is 27.9 Å². The van der Waals surface area contributed by atoms with Crippen molar-refractivity contribution in [3.8, 4) is 28.6 Å². The number of rotatable bonds is 12. The van der Waals surface area contributed by atoms with Gasteiger partial charge in [-0.25, -0.2) is 0 Å². The van der Waals surface area contributed by atoms with Crippen LogP contribution < -0.4 is 19.5 Å². The number of carbonyl (C=O) groups is 1. The number of hydrogen-bond donors (Lipinski definition) is 1. The average molecular weight is 470 g/mol. The molecule has 1 aromatic heterocycles. The maximum absolute atomic E-state index is 12.6. The first kappa shape index (κ1) is 25.0. The highest BCUT2D eigenvalue weighted by Gasteiger charge is 2.27. The zero-order valence-corrected chi connectivity index (χ0v) is 20.2. The lowest BCUT2D eigenvalue weighted by Gasteiger charge is -2.20. The smallest absolute Gasteiger partial charge is 0.249 e. The Hall–Kier alpha value is -3.59. The molecule has 34 heavy (non-hydrogen) atoms. The molecule has 0 fully saturated rings. The molecule has 9 heteroatoms. The topological polar surface area (TPSA) is 105 Å². The van der Waals surface area contributed by atoms with Gasteiger partial charge in [-0.15, -0.1) is 0 Å². The molecule has 0 bridgehead atoms. The maximum atomic E-state index is 12.6. The number of benzene rings is 2. The first-order chi connectivity index (χ1) is 16.5.